The average Bonchev–Trinajstić information content (AvgIpc) is 2.17. The molecule has 0 heterocycles. The van der Waals surface area contributed by atoms with Crippen molar-refractivity contribution in [3.8, 4) is 0 Å². The Hall–Kier alpha value is -0.160. The number of hydrogen-bond donors (Lipinski definition) is 1. The van der Waals surface area contributed by atoms with Crippen molar-refractivity contribution in [3.05, 3.63) is 0 Å². The lowest BCUT2D eigenvalue weighted by Crippen LogP contribution is -2.19. The first-order valence-electron chi connectivity index (χ1n) is 5.06. The molecule has 0 aromatic carbocycles. The van der Waals surface area contributed by atoms with Crippen LogP contribution in [0.4, 0.5) is 0 Å². The fourth-order valence-electron chi connectivity index (χ4n) is 0.845. The molecule has 0 unspecified atom stereocenters. The summed E-state index contributed by atoms with van der Waals surface area (Å²) in [6.07, 6.45) is 2.46. The number of ether oxygens (including phenoxy) is 1. The SMILES string of the molecule is CCCCOC(=O)[C@H](S)CCSC(C)=O. The van der Waals surface area contributed by atoms with E-state index in [1.165, 1.54) is 18.7 Å². The number of esters is 1. The maximum atomic E-state index is 11.3. The van der Waals surface area contributed by atoms with Crippen LogP contribution in [0.1, 0.15) is 33.1 Å². The zero-order chi connectivity index (χ0) is 11.7. The summed E-state index contributed by atoms with van der Waals surface area (Å²) in [5.41, 5.74) is 0. The van der Waals surface area contributed by atoms with E-state index in [0.29, 0.717) is 18.8 Å². The molecule has 0 aromatic rings. The Kier molecular flexibility index (Phi) is 9.00. The minimum Gasteiger partial charge on any atom is -0.465 e. The molecule has 0 amide bonds. The van der Waals surface area contributed by atoms with Crippen LogP contribution in [-0.2, 0) is 14.3 Å². The van der Waals surface area contributed by atoms with Crippen LogP contribution in [0.5, 0.6) is 0 Å². The van der Waals surface area contributed by atoms with E-state index in [9.17, 15) is 9.59 Å². The topological polar surface area (TPSA) is 43.4 Å². The first-order chi connectivity index (χ1) is 7.07. The average molecular weight is 250 g/mol. The predicted molar refractivity (Wildman–Crippen MR) is 66.4 cm³/mol. The van der Waals surface area contributed by atoms with Gasteiger partial charge < -0.3 is 4.74 Å². The zero-order valence-electron chi connectivity index (χ0n) is 9.19. The van der Waals surface area contributed by atoms with Gasteiger partial charge >= 0.3 is 5.97 Å². The van der Waals surface area contributed by atoms with Gasteiger partial charge in [0, 0.05) is 12.7 Å². The third-order valence-electron chi connectivity index (χ3n) is 1.71. The number of unbranched alkanes of at least 4 members (excludes halogenated alkanes) is 1. The smallest absolute Gasteiger partial charge is 0.318 e. The van der Waals surface area contributed by atoms with E-state index in [1.54, 1.807) is 0 Å². The highest BCUT2D eigenvalue weighted by molar-refractivity contribution is 8.13. The van der Waals surface area contributed by atoms with Crippen LogP contribution >= 0.6 is 24.4 Å². The van der Waals surface area contributed by atoms with E-state index >= 15 is 0 Å². The molecule has 0 aliphatic heterocycles. The highest BCUT2D eigenvalue weighted by atomic mass is 32.2. The molecule has 0 N–H and O–H groups in total. The van der Waals surface area contributed by atoms with Gasteiger partial charge in [-0.3, -0.25) is 9.59 Å². The third-order valence-corrected chi connectivity index (χ3v) is 3.03. The third kappa shape index (κ3) is 8.81. The number of hydrogen-bond acceptors (Lipinski definition) is 5. The fourth-order valence-corrected chi connectivity index (χ4v) is 1.86. The van der Waals surface area contributed by atoms with E-state index in [0.717, 1.165) is 12.8 Å². The van der Waals surface area contributed by atoms with Crippen molar-refractivity contribution < 1.29 is 14.3 Å². The van der Waals surface area contributed by atoms with Crippen molar-refractivity contribution in [3.63, 3.8) is 0 Å². The minimum atomic E-state index is -0.409. The second-order valence-corrected chi connectivity index (χ2v) is 5.06. The Morgan fingerprint density at radius 3 is 2.67 bits per heavy atom. The van der Waals surface area contributed by atoms with Crippen molar-refractivity contribution >= 4 is 35.5 Å². The molecule has 0 rings (SSSR count). The van der Waals surface area contributed by atoms with Crippen molar-refractivity contribution in [2.24, 2.45) is 0 Å². The summed E-state index contributed by atoms with van der Waals surface area (Å²) in [4.78, 5) is 21.9. The van der Waals surface area contributed by atoms with E-state index in [-0.39, 0.29) is 11.1 Å². The summed E-state index contributed by atoms with van der Waals surface area (Å²) in [5.74, 6) is 0.336. The van der Waals surface area contributed by atoms with Crippen LogP contribution in [0.25, 0.3) is 0 Å². The molecule has 0 fully saturated rings. The Morgan fingerprint density at radius 2 is 2.13 bits per heavy atom. The summed E-state index contributed by atoms with van der Waals surface area (Å²) in [6, 6.07) is 0. The molecular weight excluding hydrogens is 232 g/mol. The molecular formula is C10H18O3S2. The van der Waals surface area contributed by atoms with Gasteiger partial charge in [0.2, 0.25) is 0 Å². The summed E-state index contributed by atoms with van der Waals surface area (Å²) < 4.78 is 4.99. The van der Waals surface area contributed by atoms with Crippen molar-refractivity contribution in [2.45, 2.75) is 38.4 Å². The van der Waals surface area contributed by atoms with Gasteiger partial charge in [-0.05, 0) is 12.8 Å². The van der Waals surface area contributed by atoms with Crippen LogP contribution in [0.3, 0.4) is 0 Å². The van der Waals surface area contributed by atoms with Gasteiger partial charge in [0.1, 0.15) is 5.25 Å². The molecule has 1 atom stereocenters. The minimum absolute atomic E-state index is 0.0647. The molecule has 0 saturated carbocycles. The fraction of sp³-hybridized carbons (Fsp3) is 0.800. The molecule has 15 heavy (non-hydrogen) atoms. The van der Waals surface area contributed by atoms with Gasteiger partial charge in [-0.25, -0.2) is 0 Å². The summed E-state index contributed by atoms with van der Waals surface area (Å²) in [7, 11) is 0. The first kappa shape index (κ1) is 14.8. The molecule has 0 bridgehead atoms. The number of thioether (sulfide) groups is 1. The Morgan fingerprint density at radius 1 is 1.47 bits per heavy atom. The lowest BCUT2D eigenvalue weighted by Gasteiger charge is -2.09. The van der Waals surface area contributed by atoms with Gasteiger partial charge in [-0.15, -0.1) is 0 Å². The maximum absolute atomic E-state index is 11.3. The number of carbonyl (C=O) groups excluding carboxylic acids is 2. The first-order valence-corrected chi connectivity index (χ1v) is 6.56. The van der Waals surface area contributed by atoms with E-state index in [4.69, 9.17) is 4.74 Å². The quantitative estimate of drug-likeness (QED) is 0.428. The molecule has 0 spiro atoms. The molecule has 3 nitrogen and oxygen atoms in total. The molecule has 0 aliphatic rings. The van der Waals surface area contributed by atoms with Crippen LogP contribution in [-0.4, -0.2) is 28.7 Å². The Balaban J connectivity index is 3.55. The largest absolute Gasteiger partial charge is 0.465 e. The highest BCUT2D eigenvalue weighted by Crippen LogP contribution is 2.11. The van der Waals surface area contributed by atoms with Crippen LogP contribution < -0.4 is 0 Å². The maximum Gasteiger partial charge on any atom is 0.318 e. The van der Waals surface area contributed by atoms with Crippen molar-refractivity contribution in [1.82, 2.24) is 0 Å². The monoisotopic (exact) mass is 250 g/mol. The van der Waals surface area contributed by atoms with Gasteiger partial charge in [-0.1, -0.05) is 25.1 Å². The van der Waals surface area contributed by atoms with Gasteiger partial charge in [0.15, 0.2) is 5.12 Å². The van der Waals surface area contributed by atoms with Gasteiger partial charge in [-0.2, -0.15) is 12.6 Å². The van der Waals surface area contributed by atoms with Crippen LogP contribution in [0.15, 0.2) is 0 Å². The second-order valence-electron chi connectivity index (χ2n) is 3.17. The zero-order valence-corrected chi connectivity index (χ0v) is 10.9. The van der Waals surface area contributed by atoms with E-state index < -0.39 is 5.25 Å². The Bertz CT molecular complexity index is 207. The lowest BCUT2D eigenvalue weighted by atomic mass is 10.3. The van der Waals surface area contributed by atoms with E-state index in [1.807, 2.05) is 6.92 Å². The number of thiol groups is 1. The lowest BCUT2D eigenvalue weighted by molar-refractivity contribution is -0.143. The molecule has 5 heteroatoms. The number of rotatable bonds is 7. The molecule has 0 radical (unpaired) electrons. The van der Waals surface area contributed by atoms with E-state index in [2.05, 4.69) is 12.6 Å². The standard InChI is InChI=1S/C10H18O3S2/c1-3-4-6-13-10(12)9(14)5-7-15-8(2)11/h9,14H,3-7H2,1-2H3/t9-/m1/s1. The Labute approximate surface area is 101 Å². The summed E-state index contributed by atoms with van der Waals surface area (Å²) >= 11 is 5.34. The molecule has 88 valence electrons. The van der Waals surface area contributed by atoms with Crippen molar-refractivity contribution in [2.75, 3.05) is 12.4 Å². The normalized spacial score (nSPS) is 12.2. The molecule has 0 saturated heterocycles. The second kappa shape index (κ2) is 9.09. The summed E-state index contributed by atoms with van der Waals surface area (Å²) in [6.45, 7) is 4.01. The predicted octanol–water partition coefficient (Wildman–Crippen LogP) is 2.30. The number of carbonyl (C=O) groups is 2. The molecule has 0 aromatic heterocycles. The van der Waals surface area contributed by atoms with Crippen molar-refractivity contribution in [1.29, 1.82) is 0 Å². The van der Waals surface area contributed by atoms with Gasteiger partial charge in [0.05, 0.1) is 6.61 Å². The van der Waals surface area contributed by atoms with Crippen LogP contribution in [0.2, 0.25) is 0 Å². The van der Waals surface area contributed by atoms with Crippen LogP contribution in [0, 0.1) is 0 Å². The highest BCUT2D eigenvalue weighted by Gasteiger charge is 2.15. The summed E-state index contributed by atoms with van der Waals surface area (Å²) in [5, 5.41) is -0.344. The molecule has 0 aliphatic carbocycles. The van der Waals surface area contributed by atoms with Gasteiger partial charge in [0.25, 0.3) is 0 Å².